The van der Waals surface area contributed by atoms with Gasteiger partial charge in [0.15, 0.2) is 22.9 Å². The number of phenols is 2. The van der Waals surface area contributed by atoms with Gasteiger partial charge in [-0.15, -0.1) is 29.9 Å². The molecule has 0 fully saturated rings. The van der Waals surface area contributed by atoms with Crippen LogP contribution in [0.3, 0.4) is 0 Å². The predicted molar refractivity (Wildman–Crippen MR) is 303 cm³/mol. The number of aromatic amines is 1. The lowest BCUT2D eigenvalue weighted by Gasteiger charge is -2.15. The smallest absolute Gasteiger partial charge is 0.356 e. The molecule has 7 aromatic carbocycles. The lowest BCUT2D eigenvalue weighted by Crippen LogP contribution is -2.14. The number of nitrogens with zero attached hydrogens (tertiary/aromatic N) is 10. The molecule has 0 spiro atoms. The minimum Gasteiger partial charge on any atom is -0.505 e. The number of nitrogen functional groups attached to an aromatic ring is 1. The fourth-order valence-electron chi connectivity index (χ4n) is 7.93. The average Bonchev–Trinajstić information content (AvgIpc) is 0.952. The van der Waals surface area contributed by atoms with Gasteiger partial charge in [0.05, 0.1) is 54.8 Å². The Morgan fingerprint density at radius 3 is 1.78 bits per heavy atom. The highest BCUT2D eigenvalue weighted by molar-refractivity contribution is 7.94. The Balaban J connectivity index is 0.000000311. The number of phenolic OH excluding ortho intramolecular Hbond substituents is 2. The topological polar surface area (TPSA) is 631 Å². The summed E-state index contributed by atoms with van der Waals surface area (Å²) in [5, 5.41) is 92.8. The number of hydrogen-bond donors (Lipinski definition) is 12. The number of nitrogens with two attached hydrogens (primary N) is 1. The van der Waals surface area contributed by atoms with Crippen LogP contribution in [0.15, 0.2) is 166 Å². The number of hydrogen-bond acceptors (Lipinski definition) is 30. The average molecular weight is 1370 g/mol. The summed E-state index contributed by atoms with van der Waals surface area (Å²) in [4.78, 5) is 40.0. The van der Waals surface area contributed by atoms with Crippen molar-refractivity contribution in [2.24, 2.45) is 40.9 Å². The molecule has 0 aliphatic carbocycles. The second-order valence-electron chi connectivity index (χ2n) is 17.4. The summed E-state index contributed by atoms with van der Waals surface area (Å²) in [5.41, 5.74) is -0.655. The number of aromatic nitrogens is 2. The zero-order valence-electron chi connectivity index (χ0n) is 44.1. The number of H-pyrrole nitrogens is 1. The maximum absolute atomic E-state index is 12.7. The van der Waals surface area contributed by atoms with E-state index in [9.17, 15) is 100 Å². The van der Waals surface area contributed by atoms with Crippen LogP contribution in [0.1, 0.15) is 26.4 Å². The minimum absolute atomic E-state index is 0.0109. The second-order valence-corrected chi connectivity index (χ2v) is 25.1. The first-order valence-electron chi connectivity index (χ1n) is 23.1. The molecule has 0 amide bonds. The predicted octanol–water partition coefficient (Wildman–Crippen LogP) is 8.39. The van der Waals surface area contributed by atoms with Gasteiger partial charge >= 0.3 is 11.9 Å². The molecule has 0 atom stereocenters. The number of nitro groups is 1. The Bertz CT molecular complexity index is 5150. The van der Waals surface area contributed by atoms with E-state index in [4.69, 9.17) is 20.7 Å². The van der Waals surface area contributed by atoms with Gasteiger partial charge in [0.1, 0.15) is 48.0 Å². The number of azo groups is 4. The number of rotatable bonds is 19. The Morgan fingerprint density at radius 2 is 1.22 bits per heavy atom. The third-order valence-electron chi connectivity index (χ3n) is 11.7. The van der Waals surface area contributed by atoms with E-state index < -0.39 is 187 Å². The van der Waals surface area contributed by atoms with Crippen LogP contribution < -0.4 is 11.3 Å². The van der Waals surface area contributed by atoms with Crippen molar-refractivity contribution in [3.8, 4) is 17.2 Å². The number of nitrogens with one attached hydrogen (secondary N) is 1. The van der Waals surface area contributed by atoms with E-state index in [0.29, 0.717) is 23.8 Å². The van der Waals surface area contributed by atoms with Crippen molar-refractivity contribution in [2.45, 2.75) is 36.3 Å². The van der Waals surface area contributed by atoms with Crippen LogP contribution in [-0.2, 0) is 60.0 Å². The van der Waals surface area contributed by atoms with Crippen LogP contribution in [0.5, 0.6) is 11.5 Å². The zero-order valence-corrected chi connectivity index (χ0v) is 49.0. The van der Waals surface area contributed by atoms with E-state index in [1.54, 1.807) is 6.92 Å². The SMILES string of the molecule is CN=Nc1c(S(=O)(=O)O)cc2c(S(=O)(=O)O)c(N=Nc3cc(S(=O)(=O)O)c4cc(SOOO)c(N=Nc5ccc([N+](=O)[O-])cc5S(=O)(=O)O)c(O)c4c3N)ccc2c1O.Cc1cc(N=Nc2c(C(=O)O)[nH]n(-c3ccc(S(=O)(=O)O)cc3)c2=O)cc(C(=O)O)c1. The lowest BCUT2D eigenvalue weighted by molar-refractivity contribution is -0.432. The van der Waals surface area contributed by atoms with Crippen molar-refractivity contribution >= 4 is 147 Å². The number of benzene rings is 7. The van der Waals surface area contributed by atoms with Crippen molar-refractivity contribution in [1.29, 1.82) is 0 Å². The highest BCUT2D eigenvalue weighted by Crippen LogP contribution is 2.51. The van der Waals surface area contributed by atoms with Crippen molar-refractivity contribution < 1.29 is 114 Å². The lowest BCUT2D eigenvalue weighted by atomic mass is 10.0. The Labute approximate surface area is 504 Å². The molecule has 45 heteroatoms. The quantitative estimate of drug-likeness (QED) is 0.00687. The molecule has 0 unspecified atom stereocenters. The van der Waals surface area contributed by atoms with E-state index >= 15 is 0 Å². The number of aromatic carboxylic acids is 2. The number of carboxylic acids is 2. The van der Waals surface area contributed by atoms with Gasteiger partial charge in [-0.3, -0.25) is 42.8 Å². The zero-order chi connectivity index (χ0) is 66.9. The van der Waals surface area contributed by atoms with Crippen LogP contribution in [0, 0.1) is 17.0 Å². The summed E-state index contributed by atoms with van der Waals surface area (Å²) in [5.74, 6) is -4.88. The van der Waals surface area contributed by atoms with E-state index in [1.807, 2.05) is 0 Å². The third-order valence-corrected chi connectivity index (χ3v) is 16.7. The maximum atomic E-state index is 12.7. The van der Waals surface area contributed by atoms with E-state index in [-0.39, 0.29) is 29.0 Å². The van der Waals surface area contributed by atoms with Crippen molar-refractivity contribution in [3.63, 3.8) is 0 Å². The fraction of sp³-hybridized carbons (Fsp3) is 0.0444. The summed E-state index contributed by atoms with van der Waals surface area (Å²) in [7, 11) is -24.7. The first-order chi connectivity index (χ1) is 41.8. The Hall–Kier alpha value is -10.0. The van der Waals surface area contributed by atoms with Crippen LogP contribution in [0.25, 0.3) is 27.2 Å². The molecule has 0 saturated carbocycles. The highest BCUT2D eigenvalue weighted by atomic mass is 32.2. The monoisotopic (exact) mass is 1370 g/mol. The summed E-state index contributed by atoms with van der Waals surface area (Å²) in [6.45, 7) is 1.63. The third kappa shape index (κ3) is 14.6. The van der Waals surface area contributed by atoms with Crippen LogP contribution in [0.4, 0.5) is 51.2 Å². The molecule has 8 rings (SSSR count). The molecule has 0 aliphatic heterocycles. The molecule has 1 aromatic heterocycles. The van der Waals surface area contributed by atoms with Crippen LogP contribution in [-0.4, -0.2) is 124 Å². The standard InChI is InChI=1S/C27H20N8O19S5.C18H14N4O8S/c1-29-33-24-20(58(47,48)49)8-12-11(25(24)36)3-5-15(27(12)59(50,51)52)31-32-16-9-18(56(41,42)43)13-7-17(55-54-53-40)23(26(37)21(13)22(16)28)34-30-14-4-2-10(35(38)39)6-19(14)57(44,45)46;1-9-6-10(17(24)25)8-11(7-9)19-20-14-15(18(26)27)21-22(16(14)23)12-2-4-13(5-3-12)31(28,29)30/h2-9,36-37,40H,28H2,1H3,(H,41,42,43)(H,44,45,46)(H,47,48,49)(H,50,51,52);2-8,21H,1H3,(H,24,25)(H,26,27)(H,28,29,30). The molecule has 1 heterocycles. The van der Waals surface area contributed by atoms with Gasteiger partial charge in [-0.25, -0.2) is 19.5 Å². The van der Waals surface area contributed by atoms with Gasteiger partial charge < -0.3 is 26.2 Å². The largest absolute Gasteiger partial charge is 0.505 e. The molecular formula is C45H34N12O27S6. The van der Waals surface area contributed by atoms with Crippen molar-refractivity contribution in [3.05, 3.63) is 128 Å². The summed E-state index contributed by atoms with van der Waals surface area (Å²) < 4.78 is 175. The molecule has 90 heavy (non-hydrogen) atoms. The molecule has 13 N–H and O–H groups in total. The fourth-order valence-corrected chi connectivity index (χ4v) is 11.7. The number of nitro benzene ring substituents is 1. The van der Waals surface area contributed by atoms with Crippen LogP contribution in [0.2, 0.25) is 0 Å². The molecule has 0 bridgehead atoms. The first-order valence-corrected chi connectivity index (χ1v) is 31.1. The molecular weight excluding hydrogens is 1330 g/mol. The molecule has 0 aliphatic rings. The summed E-state index contributed by atoms with van der Waals surface area (Å²) in [6.07, 6.45) is 0. The highest BCUT2D eigenvalue weighted by Gasteiger charge is 2.30. The second kappa shape index (κ2) is 25.6. The van der Waals surface area contributed by atoms with Gasteiger partial charge in [0.25, 0.3) is 61.8 Å². The number of carboxylic acid groups (broad SMARTS) is 2. The van der Waals surface area contributed by atoms with Gasteiger partial charge in [0.2, 0.25) is 0 Å². The first kappa shape index (κ1) is 67.5. The molecule has 0 radical (unpaired) electrons. The number of aryl methyl sites for hydroxylation is 1. The molecule has 0 saturated heterocycles. The number of aromatic hydroxyl groups is 2. The van der Waals surface area contributed by atoms with Gasteiger partial charge in [-0.2, -0.15) is 57.4 Å². The van der Waals surface area contributed by atoms with Crippen molar-refractivity contribution in [1.82, 2.24) is 9.78 Å². The van der Waals surface area contributed by atoms with Crippen LogP contribution >= 0.6 is 12.0 Å². The van der Waals surface area contributed by atoms with Crippen molar-refractivity contribution in [2.75, 3.05) is 12.8 Å². The van der Waals surface area contributed by atoms with Gasteiger partial charge in [-0.1, -0.05) is 5.04 Å². The van der Waals surface area contributed by atoms with E-state index in [0.717, 1.165) is 54.2 Å². The number of anilines is 1. The molecule has 39 nitrogen and oxygen atoms in total. The summed E-state index contributed by atoms with van der Waals surface area (Å²) >= 11 is 0.0109. The van der Waals surface area contributed by atoms with Gasteiger partial charge in [0, 0.05) is 35.3 Å². The number of fused-ring (bicyclic) bond motifs is 2. The number of carbonyl (C=O) groups is 2. The molecule has 472 valence electrons. The van der Waals surface area contributed by atoms with Gasteiger partial charge in [-0.05, 0) is 91.3 Å². The van der Waals surface area contributed by atoms with E-state index in [2.05, 4.69) is 55.4 Å². The summed E-state index contributed by atoms with van der Waals surface area (Å²) in [6, 6.07) is 14.1. The maximum Gasteiger partial charge on any atom is 0.356 e. The minimum atomic E-state index is -5.47. The Kier molecular flexibility index (Phi) is 19.2. The normalized spacial score (nSPS) is 12.6. The molecule has 8 aromatic rings. The Morgan fingerprint density at radius 1 is 0.622 bits per heavy atom. The van der Waals surface area contributed by atoms with E-state index in [1.165, 1.54) is 30.3 Å². The number of non-ortho nitro benzene ring substituents is 1.